The Morgan fingerprint density at radius 1 is 1.29 bits per heavy atom. The first-order valence-corrected chi connectivity index (χ1v) is 9.00. The zero-order valence-electron chi connectivity index (χ0n) is 14.9. The van der Waals surface area contributed by atoms with E-state index in [2.05, 4.69) is 36.2 Å². The van der Waals surface area contributed by atoms with Crippen LogP contribution in [0.4, 0.5) is 0 Å². The molecular weight excluding hydrogens is 300 g/mol. The van der Waals surface area contributed by atoms with Gasteiger partial charge in [0, 0.05) is 29.7 Å². The monoisotopic (exact) mass is 328 g/mol. The molecule has 1 fully saturated rings. The number of carbonyl (C=O) groups is 1. The number of para-hydroxylation sites is 1. The number of aryl methyl sites for hydroxylation is 1. The predicted octanol–water partition coefficient (Wildman–Crippen LogP) is 3.59. The van der Waals surface area contributed by atoms with Crippen LogP contribution < -0.4 is 0 Å². The van der Waals surface area contributed by atoms with Crippen molar-refractivity contribution >= 4 is 16.8 Å². The van der Waals surface area contributed by atoms with Gasteiger partial charge in [0.1, 0.15) is 0 Å². The smallest absolute Gasteiger partial charge is 0.225 e. The molecule has 2 heterocycles. The molecule has 0 radical (unpaired) electrons. The molecule has 1 atom stereocenters. The lowest BCUT2D eigenvalue weighted by Crippen LogP contribution is -2.40. The summed E-state index contributed by atoms with van der Waals surface area (Å²) >= 11 is 0. The first-order valence-electron chi connectivity index (χ1n) is 9.00. The molecule has 130 valence electrons. The van der Waals surface area contributed by atoms with Gasteiger partial charge in [0.15, 0.2) is 0 Å². The largest absolute Gasteiger partial charge is 0.392 e. The molecular formula is C20H28N2O2. The number of rotatable bonds is 4. The Morgan fingerprint density at radius 3 is 2.62 bits per heavy atom. The number of amides is 1. The number of hydrogen-bond donors (Lipinski definition) is 2. The van der Waals surface area contributed by atoms with E-state index < -0.39 is 6.10 Å². The normalized spacial score (nSPS) is 17.6. The van der Waals surface area contributed by atoms with Gasteiger partial charge in [-0.15, -0.1) is 0 Å². The van der Waals surface area contributed by atoms with E-state index in [-0.39, 0.29) is 18.2 Å². The van der Waals surface area contributed by atoms with Gasteiger partial charge in [0.05, 0.1) is 12.5 Å². The average molecular weight is 328 g/mol. The Labute approximate surface area is 143 Å². The maximum atomic E-state index is 12.3. The van der Waals surface area contributed by atoms with E-state index in [0.717, 1.165) is 25.9 Å². The lowest BCUT2D eigenvalue weighted by molar-refractivity contribution is -0.134. The molecule has 1 unspecified atom stereocenters. The third-order valence-corrected chi connectivity index (χ3v) is 5.35. The number of aromatic nitrogens is 1. The van der Waals surface area contributed by atoms with Crippen LogP contribution in [0.25, 0.3) is 10.9 Å². The maximum absolute atomic E-state index is 12.3. The van der Waals surface area contributed by atoms with E-state index in [9.17, 15) is 9.90 Å². The Hall–Kier alpha value is -1.81. The van der Waals surface area contributed by atoms with Crippen LogP contribution >= 0.6 is 0 Å². The molecule has 1 aliphatic rings. The number of aromatic amines is 1. The van der Waals surface area contributed by atoms with Crippen LogP contribution in [0.5, 0.6) is 0 Å². The first kappa shape index (κ1) is 17.0. The predicted molar refractivity (Wildman–Crippen MR) is 97.1 cm³/mol. The molecule has 0 bridgehead atoms. The summed E-state index contributed by atoms with van der Waals surface area (Å²) in [6.07, 6.45) is 1.69. The van der Waals surface area contributed by atoms with E-state index in [1.54, 1.807) is 0 Å². The molecule has 4 heteroatoms. The maximum Gasteiger partial charge on any atom is 0.225 e. The van der Waals surface area contributed by atoms with Gasteiger partial charge in [-0.25, -0.2) is 0 Å². The Balaban J connectivity index is 1.66. The van der Waals surface area contributed by atoms with Gasteiger partial charge in [-0.3, -0.25) is 4.79 Å². The molecule has 2 N–H and O–H groups in total. The third kappa shape index (κ3) is 3.34. The molecule has 1 amide bonds. The van der Waals surface area contributed by atoms with Crippen LogP contribution in [-0.4, -0.2) is 40.1 Å². The van der Waals surface area contributed by atoms with Gasteiger partial charge in [-0.2, -0.15) is 0 Å². The Bertz CT molecular complexity index is 711. The standard InChI is InChI=1S/C20H28N2O2/c1-13(2)18(23)12-19(24)22-10-8-15(9-11-22)20-14(3)21-17-7-5-4-6-16(17)20/h4-7,13,15,18,21,23H,8-12H2,1-3H3. The first-order chi connectivity index (χ1) is 11.5. The number of aliphatic hydroxyl groups excluding tert-OH is 1. The number of benzene rings is 1. The van der Waals surface area contributed by atoms with Crippen LogP contribution in [-0.2, 0) is 4.79 Å². The fourth-order valence-electron chi connectivity index (χ4n) is 3.79. The van der Waals surface area contributed by atoms with E-state index in [1.807, 2.05) is 18.7 Å². The van der Waals surface area contributed by atoms with Crippen LogP contribution in [0.3, 0.4) is 0 Å². The van der Waals surface area contributed by atoms with E-state index in [1.165, 1.54) is 22.2 Å². The topological polar surface area (TPSA) is 56.3 Å². The van der Waals surface area contributed by atoms with Crippen LogP contribution in [0.2, 0.25) is 0 Å². The molecule has 0 aliphatic carbocycles. The molecule has 3 rings (SSSR count). The van der Waals surface area contributed by atoms with Gasteiger partial charge < -0.3 is 15.0 Å². The van der Waals surface area contributed by atoms with Crippen molar-refractivity contribution < 1.29 is 9.90 Å². The highest BCUT2D eigenvalue weighted by Gasteiger charge is 2.27. The van der Waals surface area contributed by atoms with E-state index >= 15 is 0 Å². The summed E-state index contributed by atoms with van der Waals surface area (Å²) in [7, 11) is 0. The lowest BCUT2D eigenvalue weighted by atomic mass is 9.87. The molecule has 1 aromatic carbocycles. The number of H-pyrrole nitrogens is 1. The highest BCUT2D eigenvalue weighted by atomic mass is 16.3. The molecule has 24 heavy (non-hydrogen) atoms. The summed E-state index contributed by atoms with van der Waals surface area (Å²) in [5.41, 5.74) is 3.86. The minimum Gasteiger partial charge on any atom is -0.392 e. The van der Waals surface area contributed by atoms with Gasteiger partial charge in [0.2, 0.25) is 5.91 Å². The number of aliphatic hydroxyl groups is 1. The minimum atomic E-state index is -0.536. The van der Waals surface area contributed by atoms with Crippen molar-refractivity contribution in [1.29, 1.82) is 0 Å². The summed E-state index contributed by atoms with van der Waals surface area (Å²) in [4.78, 5) is 17.8. The molecule has 4 nitrogen and oxygen atoms in total. The lowest BCUT2D eigenvalue weighted by Gasteiger charge is -2.33. The number of hydrogen-bond acceptors (Lipinski definition) is 2. The zero-order valence-corrected chi connectivity index (χ0v) is 14.9. The number of fused-ring (bicyclic) bond motifs is 1. The number of likely N-dealkylation sites (tertiary alicyclic amines) is 1. The van der Waals surface area contributed by atoms with Crippen molar-refractivity contribution in [2.75, 3.05) is 13.1 Å². The fourth-order valence-corrected chi connectivity index (χ4v) is 3.79. The number of nitrogens with one attached hydrogen (secondary N) is 1. The summed E-state index contributed by atoms with van der Waals surface area (Å²) in [6, 6.07) is 8.46. The van der Waals surface area contributed by atoms with E-state index in [4.69, 9.17) is 0 Å². The second-order valence-corrected chi connectivity index (χ2v) is 7.38. The van der Waals surface area contributed by atoms with Crippen LogP contribution in [0.15, 0.2) is 24.3 Å². The molecule has 1 saturated heterocycles. The Morgan fingerprint density at radius 2 is 1.96 bits per heavy atom. The van der Waals surface area contributed by atoms with Crippen molar-refractivity contribution in [3.05, 3.63) is 35.5 Å². The summed E-state index contributed by atoms with van der Waals surface area (Å²) in [6.45, 7) is 7.61. The van der Waals surface area contributed by atoms with Gasteiger partial charge >= 0.3 is 0 Å². The Kier molecular flexibility index (Phi) is 4.95. The number of carbonyl (C=O) groups excluding carboxylic acids is 1. The molecule has 1 aliphatic heterocycles. The second-order valence-electron chi connectivity index (χ2n) is 7.38. The van der Waals surface area contributed by atoms with Crippen molar-refractivity contribution in [1.82, 2.24) is 9.88 Å². The van der Waals surface area contributed by atoms with Crippen LogP contribution in [0.1, 0.15) is 50.3 Å². The fraction of sp³-hybridized carbons (Fsp3) is 0.550. The third-order valence-electron chi connectivity index (χ3n) is 5.35. The van der Waals surface area contributed by atoms with Crippen LogP contribution in [0, 0.1) is 12.8 Å². The van der Waals surface area contributed by atoms with E-state index in [0.29, 0.717) is 5.92 Å². The van der Waals surface area contributed by atoms with Crippen molar-refractivity contribution in [3.63, 3.8) is 0 Å². The number of piperidine rings is 1. The average Bonchev–Trinajstić information content (AvgIpc) is 2.90. The minimum absolute atomic E-state index is 0.0882. The molecule has 2 aromatic rings. The number of nitrogens with zero attached hydrogens (tertiary/aromatic N) is 1. The van der Waals surface area contributed by atoms with Gasteiger partial charge in [0.25, 0.3) is 0 Å². The highest BCUT2D eigenvalue weighted by molar-refractivity contribution is 5.85. The molecule has 0 saturated carbocycles. The summed E-state index contributed by atoms with van der Waals surface area (Å²) in [5.74, 6) is 0.714. The van der Waals surface area contributed by atoms with Gasteiger partial charge in [-0.1, -0.05) is 32.0 Å². The second kappa shape index (κ2) is 6.98. The van der Waals surface area contributed by atoms with Gasteiger partial charge in [-0.05, 0) is 43.2 Å². The molecule has 0 spiro atoms. The highest BCUT2D eigenvalue weighted by Crippen LogP contribution is 2.35. The zero-order chi connectivity index (χ0) is 17.3. The molecule has 1 aromatic heterocycles. The summed E-state index contributed by atoms with van der Waals surface area (Å²) < 4.78 is 0. The van der Waals surface area contributed by atoms with Crippen molar-refractivity contribution in [3.8, 4) is 0 Å². The summed E-state index contributed by atoms with van der Waals surface area (Å²) in [5, 5.41) is 11.2. The quantitative estimate of drug-likeness (QED) is 0.901. The SMILES string of the molecule is Cc1[nH]c2ccccc2c1C1CCN(C(=O)CC(O)C(C)C)CC1. The van der Waals surface area contributed by atoms with Crippen molar-refractivity contribution in [2.24, 2.45) is 5.92 Å². The van der Waals surface area contributed by atoms with Crippen molar-refractivity contribution in [2.45, 2.75) is 52.1 Å².